The normalized spacial score (nSPS) is 18.0. The van der Waals surface area contributed by atoms with Gasteiger partial charge in [-0.25, -0.2) is 9.97 Å². The maximum absolute atomic E-state index is 13.6. The molecule has 0 spiro atoms. The number of imide groups is 2. The van der Waals surface area contributed by atoms with E-state index in [4.69, 9.17) is 23.9 Å². The molecule has 3 fully saturated rings. The molecule has 19 heteroatoms. The minimum atomic E-state index is -0.989. The van der Waals surface area contributed by atoms with E-state index < -0.39 is 29.7 Å². The number of carbonyl (C=O) groups is 5. The number of carbonyl (C=O) groups excluding carboxylic acids is 5. The van der Waals surface area contributed by atoms with Crippen molar-refractivity contribution >= 4 is 57.9 Å². The van der Waals surface area contributed by atoms with Crippen LogP contribution in [0.15, 0.2) is 47.5 Å². The van der Waals surface area contributed by atoms with E-state index in [1.165, 1.54) is 6.92 Å². The van der Waals surface area contributed by atoms with Gasteiger partial charge in [0.2, 0.25) is 17.8 Å². The molecule has 8 rings (SSSR count). The fraction of sp³-hybridized carbons (Fsp3) is 0.521. The molecule has 1 saturated carbocycles. The van der Waals surface area contributed by atoms with Gasteiger partial charge in [-0.2, -0.15) is 4.98 Å². The Morgan fingerprint density at radius 3 is 2.18 bits per heavy atom. The number of fused-ring (bicyclic) bond motifs is 2. The Hall–Kier alpha value is -5.99. The van der Waals surface area contributed by atoms with Crippen LogP contribution in [-0.2, 0) is 35.0 Å². The van der Waals surface area contributed by atoms with Gasteiger partial charge < -0.3 is 29.2 Å². The predicted octanol–water partition coefficient (Wildman–Crippen LogP) is 3.78. The van der Waals surface area contributed by atoms with Crippen molar-refractivity contribution in [3.05, 3.63) is 80.9 Å². The number of piperidine rings is 1. The van der Waals surface area contributed by atoms with E-state index in [1.807, 2.05) is 24.4 Å². The summed E-state index contributed by atoms with van der Waals surface area (Å²) in [5.74, 6) is -1.35. The molecule has 356 valence electrons. The number of nitrogens with one attached hydrogen (secondary N) is 2. The van der Waals surface area contributed by atoms with E-state index in [0.29, 0.717) is 99.6 Å². The van der Waals surface area contributed by atoms with Crippen molar-refractivity contribution in [1.82, 2.24) is 34.6 Å². The number of anilines is 3. The van der Waals surface area contributed by atoms with Crippen LogP contribution in [0, 0.1) is 6.92 Å². The highest BCUT2D eigenvalue weighted by molar-refractivity contribution is 6.24. The molecule has 1 aromatic carbocycles. The van der Waals surface area contributed by atoms with Crippen LogP contribution in [0.4, 0.5) is 17.5 Å². The number of pyridine rings is 2. The van der Waals surface area contributed by atoms with Crippen LogP contribution in [0.1, 0.15) is 100 Å². The molecule has 0 radical (unpaired) electrons. The molecule has 67 heavy (non-hydrogen) atoms. The van der Waals surface area contributed by atoms with Gasteiger partial charge in [-0.1, -0.05) is 25.0 Å². The molecule has 1 unspecified atom stereocenters. The number of hydrogen-bond donors (Lipinski definition) is 2. The van der Waals surface area contributed by atoms with Crippen molar-refractivity contribution in [2.45, 2.75) is 77.3 Å². The number of Topliss-reactive ketones (excluding diaryl/α,β-unsaturated/α-hetero) is 1. The Morgan fingerprint density at radius 2 is 1.51 bits per heavy atom. The topological polar surface area (TPSA) is 217 Å². The lowest BCUT2D eigenvalue weighted by Gasteiger charge is -2.35. The van der Waals surface area contributed by atoms with Gasteiger partial charge in [0.1, 0.15) is 17.5 Å². The molecule has 1 atom stereocenters. The smallest absolute Gasteiger partial charge is 0.263 e. The predicted molar refractivity (Wildman–Crippen MR) is 247 cm³/mol. The van der Waals surface area contributed by atoms with E-state index in [-0.39, 0.29) is 41.4 Å². The molecule has 3 aromatic heterocycles. The van der Waals surface area contributed by atoms with E-state index >= 15 is 0 Å². The Labute approximate surface area is 388 Å². The Morgan fingerprint density at radius 1 is 0.806 bits per heavy atom. The number of aryl methyl sites for hydroxylation is 2. The van der Waals surface area contributed by atoms with Gasteiger partial charge in [-0.3, -0.25) is 48.5 Å². The lowest BCUT2D eigenvalue weighted by Crippen LogP contribution is -2.54. The third-order valence-electron chi connectivity index (χ3n) is 12.9. The van der Waals surface area contributed by atoms with Crippen molar-refractivity contribution in [2.24, 2.45) is 0 Å². The molecule has 19 nitrogen and oxygen atoms in total. The van der Waals surface area contributed by atoms with Crippen molar-refractivity contribution in [3.63, 3.8) is 0 Å². The number of aromatic nitrogens is 4. The summed E-state index contributed by atoms with van der Waals surface area (Å²) in [7, 11) is 0. The van der Waals surface area contributed by atoms with Crippen molar-refractivity contribution in [3.8, 4) is 0 Å². The molecule has 4 aromatic rings. The molecule has 4 aliphatic rings. The van der Waals surface area contributed by atoms with Gasteiger partial charge >= 0.3 is 0 Å². The van der Waals surface area contributed by atoms with Crippen LogP contribution >= 0.6 is 0 Å². The molecule has 2 N–H and O–H groups in total. The van der Waals surface area contributed by atoms with Crippen LogP contribution < -0.4 is 21.1 Å². The third-order valence-corrected chi connectivity index (χ3v) is 12.9. The van der Waals surface area contributed by atoms with Crippen LogP contribution in [0.3, 0.4) is 0 Å². The SMILES string of the molecule is CC(=O)c1c(C)c2cnc(Nc3ccc(N4CCN(CCOCCOCCOCCOCCCc5cccc6c5C(=O)N(C5CCC(=O)NC5=O)C6=O)CC4)cn3)nc2n(C2CCCC2)c1=O. The number of ether oxygens (including phenoxy) is 4. The molecule has 4 amide bonds. The Balaban J connectivity index is 0.656. The van der Waals surface area contributed by atoms with Gasteiger partial charge in [0.05, 0.1) is 74.8 Å². The number of benzene rings is 1. The monoisotopic (exact) mass is 921 g/mol. The number of amides is 4. The standard InChI is InChI=1S/C48H59N9O10/c1-31-37-30-50-48(53-43(37)56(34-9-3-4-10-34)46(62)41(31)32(2)58)51-39-14-12-35(29-49-39)55-18-16-54(17-19-55)20-22-65-24-26-67-28-27-66-25-23-64-21-6-8-33-7-5-11-36-42(33)47(63)57(45(36)61)38-13-15-40(59)52-44(38)60/h5,7,11-12,14,29-30,34,38H,3-4,6,8-10,13,15-28H2,1-2H3,(H,52,59,60)(H,49,50,51,53). The van der Waals surface area contributed by atoms with Crippen LogP contribution in [0.5, 0.6) is 0 Å². The summed E-state index contributed by atoms with van der Waals surface area (Å²) in [5, 5.41) is 6.13. The number of nitrogens with zero attached hydrogens (tertiary/aromatic N) is 7. The second-order valence-electron chi connectivity index (χ2n) is 17.3. The number of rotatable bonds is 22. The summed E-state index contributed by atoms with van der Waals surface area (Å²) in [4.78, 5) is 95.9. The van der Waals surface area contributed by atoms with Gasteiger partial charge in [-0.05, 0) is 75.3 Å². The van der Waals surface area contributed by atoms with E-state index in [2.05, 4.69) is 30.4 Å². The highest BCUT2D eigenvalue weighted by Crippen LogP contribution is 2.33. The lowest BCUT2D eigenvalue weighted by atomic mass is 9.99. The first-order chi connectivity index (χ1) is 32.6. The average Bonchev–Trinajstić information content (AvgIpc) is 3.94. The molecule has 0 bridgehead atoms. The van der Waals surface area contributed by atoms with E-state index in [0.717, 1.165) is 74.6 Å². The molecule has 3 aliphatic heterocycles. The maximum Gasteiger partial charge on any atom is 0.263 e. The highest BCUT2D eigenvalue weighted by Gasteiger charge is 2.45. The zero-order chi connectivity index (χ0) is 46.9. The van der Waals surface area contributed by atoms with Gasteiger partial charge in [0, 0.05) is 63.4 Å². The summed E-state index contributed by atoms with van der Waals surface area (Å²) < 4.78 is 24.5. The molecule has 1 aliphatic carbocycles. The zero-order valence-electron chi connectivity index (χ0n) is 38.3. The molecule has 2 saturated heterocycles. The highest BCUT2D eigenvalue weighted by atomic mass is 16.6. The van der Waals surface area contributed by atoms with Crippen molar-refractivity contribution < 1.29 is 42.9 Å². The molecule has 6 heterocycles. The maximum atomic E-state index is 13.6. The third kappa shape index (κ3) is 11.1. The first-order valence-electron chi connectivity index (χ1n) is 23.4. The minimum Gasteiger partial charge on any atom is -0.379 e. The fourth-order valence-corrected chi connectivity index (χ4v) is 9.41. The average molecular weight is 922 g/mol. The zero-order valence-corrected chi connectivity index (χ0v) is 38.3. The largest absolute Gasteiger partial charge is 0.379 e. The Kier molecular flexibility index (Phi) is 15.7. The summed E-state index contributed by atoms with van der Waals surface area (Å²) in [6.45, 7) is 11.4. The van der Waals surface area contributed by atoms with Crippen LogP contribution in [-0.4, -0.2) is 150 Å². The van der Waals surface area contributed by atoms with Crippen molar-refractivity contribution in [1.29, 1.82) is 0 Å². The van der Waals surface area contributed by atoms with Crippen LogP contribution in [0.25, 0.3) is 11.0 Å². The van der Waals surface area contributed by atoms with Gasteiger partial charge in [0.15, 0.2) is 5.78 Å². The van der Waals surface area contributed by atoms with E-state index in [1.54, 1.807) is 29.8 Å². The quantitative estimate of drug-likeness (QED) is 0.0652. The molecular formula is C48H59N9O10. The number of piperazine rings is 1. The minimum absolute atomic E-state index is 0.00733. The second kappa shape index (κ2) is 22.2. The fourth-order valence-electron chi connectivity index (χ4n) is 9.41. The summed E-state index contributed by atoms with van der Waals surface area (Å²) in [6, 6.07) is 8.10. The van der Waals surface area contributed by atoms with Crippen LogP contribution in [0.2, 0.25) is 0 Å². The van der Waals surface area contributed by atoms with Gasteiger partial charge in [0.25, 0.3) is 17.4 Å². The second-order valence-corrected chi connectivity index (χ2v) is 17.3. The lowest BCUT2D eigenvalue weighted by molar-refractivity contribution is -0.136. The summed E-state index contributed by atoms with van der Waals surface area (Å²) in [6.07, 6.45) is 8.72. The Bertz CT molecular complexity index is 2520. The first-order valence-corrected chi connectivity index (χ1v) is 23.4. The number of ketones is 1. The number of hydrogen-bond acceptors (Lipinski definition) is 16. The summed E-state index contributed by atoms with van der Waals surface area (Å²) in [5.41, 5.74) is 3.44. The van der Waals surface area contributed by atoms with Gasteiger partial charge in [-0.15, -0.1) is 0 Å². The first kappa shape index (κ1) is 47.5. The molecular weight excluding hydrogens is 863 g/mol. The summed E-state index contributed by atoms with van der Waals surface area (Å²) >= 11 is 0. The van der Waals surface area contributed by atoms with E-state index in [9.17, 15) is 28.8 Å². The van der Waals surface area contributed by atoms with Crippen molar-refractivity contribution in [2.75, 3.05) is 95.8 Å².